The lowest BCUT2D eigenvalue weighted by Crippen LogP contribution is -2.19. The summed E-state index contributed by atoms with van der Waals surface area (Å²) in [6, 6.07) is 19.7. The zero-order chi connectivity index (χ0) is 24.8. The molecule has 180 valence electrons. The Morgan fingerprint density at radius 1 is 1.00 bits per heavy atom. The molecule has 7 heteroatoms. The Morgan fingerprint density at radius 2 is 1.71 bits per heavy atom. The Kier molecular flexibility index (Phi) is 8.16. The molecule has 0 aliphatic carbocycles. The smallest absolute Gasteiger partial charge is 0.264 e. The number of aliphatic imine (C=N–C) groups is 1. The molecular formula is C28H27ClN2O3S. The molecule has 1 aliphatic heterocycles. The topological polar surface area (TPSA) is 59.9 Å². The zero-order valence-corrected chi connectivity index (χ0v) is 21.5. The van der Waals surface area contributed by atoms with Gasteiger partial charge in [-0.2, -0.15) is 0 Å². The summed E-state index contributed by atoms with van der Waals surface area (Å²) in [5.74, 6) is 0.817. The van der Waals surface area contributed by atoms with E-state index in [0.717, 1.165) is 23.2 Å². The molecule has 1 aliphatic rings. The van der Waals surface area contributed by atoms with Crippen molar-refractivity contribution in [2.45, 2.75) is 33.8 Å². The molecule has 1 saturated heterocycles. The van der Waals surface area contributed by atoms with Gasteiger partial charge in [-0.05, 0) is 79.1 Å². The molecule has 1 amide bonds. The van der Waals surface area contributed by atoms with Gasteiger partial charge in [0.1, 0.15) is 6.61 Å². The van der Waals surface area contributed by atoms with Crippen molar-refractivity contribution in [2.24, 2.45) is 4.99 Å². The van der Waals surface area contributed by atoms with Gasteiger partial charge in [0, 0.05) is 0 Å². The average Bonchev–Trinajstić information content (AvgIpc) is 3.18. The number of ether oxygens (including phenoxy) is 2. The van der Waals surface area contributed by atoms with E-state index in [1.165, 1.54) is 22.9 Å². The number of halogens is 1. The van der Waals surface area contributed by atoms with Crippen LogP contribution in [-0.4, -0.2) is 17.7 Å². The van der Waals surface area contributed by atoms with Gasteiger partial charge in [0.05, 0.1) is 22.2 Å². The summed E-state index contributed by atoms with van der Waals surface area (Å²) in [5.41, 5.74) is 5.01. The number of carbonyl (C=O) groups excluding carboxylic acids is 1. The molecule has 0 aromatic heterocycles. The summed E-state index contributed by atoms with van der Waals surface area (Å²) in [4.78, 5) is 17.6. The second-order valence-electron chi connectivity index (χ2n) is 8.04. The Labute approximate surface area is 215 Å². The maximum Gasteiger partial charge on any atom is 0.264 e. The van der Waals surface area contributed by atoms with Crippen molar-refractivity contribution in [1.82, 2.24) is 5.32 Å². The summed E-state index contributed by atoms with van der Waals surface area (Å²) < 4.78 is 11.8. The lowest BCUT2D eigenvalue weighted by molar-refractivity contribution is -0.115. The first-order chi connectivity index (χ1) is 16.9. The number of amides is 1. The Bertz CT molecular complexity index is 1270. The van der Waals surface area contributed by atoms with Crippen LogP contribution < -0.4 is 14.8 Å². The Morgan fingerprint density at radius 3 is 2.40 bits per heavy atom. The summed E-state index contributed by atoms with van der Waals surface area (Å²) in [7, 11) is 0. The molecule has 0 radical (unpaired) electrons. The molecule has 1 heterocycles. The van der Waals surface area contributed by atoms with Crippen LogP contribution in [0.2, 0.25) is 5.02 Å². The third-order valence-electron chi connectivity index (χ3n) is 5.36. The fraction of sp³-hybridized carbons (Fsp3) is 0.214. The number of hydrogen-bond donors (Lipinski definition) is 1. The van der Waals surface area contributed by atoms with E-state index in [1.54, 1.807) is 12.1 Å². The van der Waals surface area contributed by atoms with Gasteiger partial charge >= 0.3 is 0 Å². The number of carbonyl (C=O) groups is 1. The molecule has 1 N–H and O–H groups in total. The van der Waals surface area contributed by atoms with Gasteiger partial charge in [-0.1, -0.05) is 60.5 Å². The van der Waals surface area contributed by atoms with E-state index in [-0.39, 0.29) is 5.91 Å². The average molecular weight is 507 g/mol. The Hall–Kier alpha value is -3.22. The van der Waals surface area contributed by atoms with E-state index in [2.05, 4.69) is 17.2 Å². The van der Waals surface area contributed by atoms with Crippen molar-refractivity contribution in [3.05, 3.63) is 92.8 Å². The normalized spacial score (nSPS) is 15.5. The highest BCUT2D eigenvalue weighted by Gasteiger charge is 2.24. The van der Waals surface area contributed by atoms with Crippen molar-refractivity contribution in [1.29, 1.82) is 0 Å². The van der Waals surface area contributed by atoms with Gasteiger partial charge in [-0.15, -0.1) is 0 Å². The highest BCUT2D eigenvalue weighted by atomic mass is 35.5. The van der Waals surface area contributed by atoms with Crippen LogP contribution in [0.15, 0.2) is 70.6 Å². The van der Waals surface area contributed by atoms with Crippen LogP contribution in [0.1, 0.15) is 36.1 Å². The van der Waals surface area contributed by atoms with E-state index in [1.807, 2.05) is 68.4 Å². The molecule has 0 bridgehead atoms. The van der Waals surface area contributed by atoms with Crippen LogP contribution in [0.4, 0.5) is 5.69 Å². The van der Waals surface area contributed by atoms with Gasteiger partial charge in [-0.3, -0.25) is 4.79 Å². The van der Waals surface area contributed by atoms with Gasteiger partial charge in [0.15, 0.2) is 16.7 Å². The largest absolute Gasteiger partial charge is 0.490 e. The molecule has 0 atom stereocenters. The van der Waals surface area contributed by atoms with E-state index in [9.17, 15) is 4.79 Å². The SMILES string of the molecule is CCOc1cc(/C=C2\SC(=Nc3ccc(CC)cc3)NC2=O)cc(Cl)c1OCc1ccc(C)cc1. The number of nitrogens with zero attached hydrogens (tertiary/aromatic N) is 1. The number of amidine groups is 1. The van der Waals surface area contributed by atoms with Gasteiger partial charge in [0.25, 0.3) is 5.91 Å². The van der Waals surface area contributed by atoms with E-state index < -0.39 is 0 Å². The van der Waals surface area contributed by atoms with Gasteiger partial charge < -0.3 is 14.8 Å². The molecule has 4 rings (SSSR count). The summed E-state index contributed by atoms with van der Waals surface area (Å²) >= 11 is 7.87. The summed E-state index contributed by atoms with van der Waals surface area (Å²) in [5, 5.41) is 3.79. The first-order valence-electron chi connectivity index (χ1n) is 11.5. The number of rotatable bonds is 8. The molecule has 0 unspecified atom stereocenters. The van der Waals surface area contributed by atoms with Crippen LogP contribution in [0.3, 0.4) is 0 Å². The lowest BCUT2D eigenvalue weighted by Gasteiger charge is -2.15. The van der Waals surface area contributed by atoms with E-state index in [0.29, 0.717) is 39.8 Å². The number of nitrogens with one attached hydrogen (secondary N) is 1. The van der Waals surface area contributed by atoms with Crippen LogP contribution in [-0.2, 0) is 17.8 Å². The second kappa shape index (κ2) is 11.5. The fourth-order valence-corrected chi connectivity index (χ4v) is 4.58. The van der Waals surface area contributed by atoms with Gasteiger partial charge in [0.2, 0.25) is 0 Å². The minimum Gasteiger partial charge on any atom is -0.490 e. The van der Waals surface area contributed by atoms with Crippen molar-refractivity contribution >= 4 is 46.2 Å². The molecule has 3 aromatic rings. The first-order valence-corrected chi connectivity index (χ1v) is 12.7. The lowest BCUT2D eigenvalue weighted by atomic mass is 10.1. The number of benzene rings is 3. The molecule has 5 nitrogen and oxygen atoms in total. The number of thioether (sulfide) groups is 1. The maximum absolute atomic E-state index is 12.6. The molecular weight excluding hydrogens is 480 g/mol. The molecule has 0 saturated carbocycles. The van der Waals surface area contributed by atoms with E-state index >= 15 is 0 Å². The minimum atomic E-state index is -0.201. The number of hydrogen-bond acceptors (Lipinski definition) is 5. The Balaban J connectivity index is 1.53. The summed E-state index contributed by atoms with van der Waals surface area (Å²) in [6.45, 7) is 6.89. The van der Waals surface area contributed by atoms with Crippen LogP contribution >= 0.6 is 23.4 Å². The fourth-order valence-electron chi connectivity index (χ4n) is 3.47. The predicted octanol–water partition coefficient (Wildman–Crippen LogP) is 7.08. The second-order valence-corrected chi connectivity index (χ2v) is 9.48. The van der Waals surface area contributed by atoms with Gasteiger partial charge in [-0.25, -0.2) is 4.99 Å². The molecule has 1 fully saturated rings. The third kappa shape index (κ3) is 6.47. The first kappa shape index (κ1) is 24.9. The monoisotopic (exact) mass is 506 g/mol. The van der Waals surface area contributed by atoms with E-state index in [4.69, 9.17) is 21.1 Å². The van der Waals surface area contributed by atoms with Crippen LogP contribution in [0.25, 0.3) is 6.08 Å². The highest BCUT2D eigenvalue weighted by Crippen LogP contribution is 2.39. The standard InChI is InChI=1S/C28H27ClN2O3S/c1-4-19-10-12-22(13-11-19)30-28-31-27(32)25(35-28)16-21-14-23(29)26(24(15-21)33-5-2)34-17-20-8-6-18(3)7-9-20/h6-16H,4-5,17H2,1-3H3,(H,30,31,32)/b25-16-. The number of aryl methyl sites for hydroxylation is 2. The maximum atomic E-state index is 12.6. The van der Waals surface area contributed by atoms with Crippen molar-refractivity contribution in [3.8, 4) is 11.5 Å². The van der Waals surface area contributed by atoms with Crippen LogP contribution in [0, 0.1) is 6.92 Å². The molecule has 3 aromatic carbocycles. The summed E-state index contributed by atoms with van der Waals surface area (Å²) in [6.07, 6.45) is 2.75. The molecule has 0 spiro atoms. The predicted molar refractivity (Wildman–Crippen MR) is 145 cm³/mol. The quantitative estimate of drug-likeness (QED) is 0.331. The third-order valence-corrected chi connectivity index (χ3v) is 6.55. The van der Waals surface area contributed by atoms with Crippen molar-refractivity contribution < 1.29 is 14.3 Å². The van der Waals surface area contributed by atoms with Crippen LogP contribution in [0.5, 0.6) is 11.5 Å². The molecule has 35 heavy (non-hydrogen) atoms. The highest BCUT2D eigenvalue weighted by molar-refractivity contribution is 8.18. The van der Waals surface area contributed by atoms with Crippen molar-refractivity contribution in [3.63, 3.8) is 0 Å². The van der Waals surface area contributed by atoms with Crippen molar-refractivity contribution in [2.75, 3.05) is 6.61 Å². The minimum absolute atomic E-state index is 0.201. The zero-order valence-electron chi connectivity index (χ0n) is 19.9.